The molecule has 0 unspecified atom stereocenters. The minimum absolute atomic E-state index is 0.213. The molecular weight excluding hydrogens is 313 g/mol. The minimum atomic E-state index is 0.213. The van der Waals surface area contributed by atoms with Gasteiger partial charge < -0.3 is 10.8 Å². The van der Waals surface area contributed by atoms with Crippen LogP contribution >= 0.6 is 22.6 Å². The molecular formula is C13H18INO. The van der Waals surface area contributed by atoms with Gasteiger partial charge >= 0.3 is 0 Å². The molecule has 0 radical (unpaired) electrons. The van der Waals surface area contributed by atoms with E-state index in [0.29, 0.717) is 12.3 Å². The van der Waals surface area contributed by atoms with Crippen molar-refractivity contribution in [3.05, 3.63) is 26.3 Å². The second-order valence-electron chi connectivity index (χ2n) is 5.15. The van der Waals surface area contributed by atoms with Gasteiger partial charge in [-0.3, -0.25) is 0 Å². The maximum Gasteiger partial charge on any atom is 0.133 e. The lowest BCUT2D eigenvalue weighted by molar-refractivity contribution is 0.421. The quantitative estimate of drug-likeness (QED) is 0.777. The molecule has 0 saturated heterocycles. The lowest BCUT2D eigenvalue weighted by Gasteiger charge is -2.34. The average Bonchev–Trinajstić information content (AvgIpc) is 2.21. The lowest BCUT2D eigenvalue weighted by Crippen LogP contribution is -2.25. The van der Waals surface area contributed by atoms with Gasteiger partial charge in [-0.05, 0) is 64.5 Å². The molecule has 0 spiro atoms. The van der Waals surface area contributed by atoms with Crippen molar-refractivity contribution in [1.82, 2.24) is 0 Å². The van der Waals surface area contributed by atoms with E-state index in [-0.39, 0.29) is 5.41 Å². The number of aromatic hydroxyl groups is 1. The zero-order valence-corrected chi connectivity index (χ0v) is 12.0. The molecule has 1 aromatic rings. The van der Waals surface area contributed by atoms with E-state index in [0.717, 1.165) is 15.6 Å². The van der Waals surface area contributed by atoms with Crippen LogP contribution in [0.25, 0.3) is 0 Å². The Kier molecular flexibility index (Phi) is 3.18. The van der Waals surface area contributed by atoms with Crippen LogP contribution in [0, 0.1) is 3.57 Å². The summed E-state index contributed by atoms with van der Waals surface area (Å²) in [5.74, 6) is 0.388. The molecule has 2 rings (SSSR count). The summed E-state index contributed by atoms with van der Waals surface area (Å²) in [7, 11) is 0. The van der Waals surface area contributed by atoms with Crippen LogP contribution in [-0.2, 0) is 18.4 Å². The summed E-state index contributed by atoms with van der Waals surface area (Å²) in [4.78, 5) is 0. The first-order chi connectivity index (χ1) is 7.47. The predicted molar refractivity (Wildman–Crippen MR) is 74.7 cm³/mol. The summed E-state index contributed by atoms with van der Waals surface area (Å²) in [6.45, 7) is 4.98. The molecule has 16 heavy (non-hydrogen) atoms. The summed E-state index contributed by atoms with van der Waals surface area (Å²) in [6.07, 6.45) is 3.45. The van der Waals surface area contributed by atoms with Gasteiger partial charge in [0.15, 0.2) is 0 Å². The van der Waals surface area contributed by atoms with E-state index in [4.69, 9.17) is 5.73 Å². The van der Waals surface area contributed by atoms with Crippen molar-refractivity contribution in [3.63, 3.8) is 0 Å². The zero-order valence-electron chi connectivity index (χ0n) is 9.81. The number of nitrogens with two attached hydrogens (primary N) is 1. The highest BCUT2D eigenvalue weighted by molar-refractivity contribution is 14.1. The second kappa shape index (κ2) is 4.18. The fourth-order valence-corrected chi connectivity index (χ4v) is 3.32. The SMILES string of the molecule is CC1(C)CCCc2c1cc(I)c(O)c2CN. The number of hydrogen-bond acceptors (Lipinski definition) is 2. The second-order valence-corrected chi connectivity index (χ2v) is 6.32. The van der Waals surface area contributed by atoms with Gasteiger partial charge in [0, 0.05) is 12.1 Å². The van der Waals surface area contributed by atoms with Crippen molar-refractivity contribution in [2.75, 3.05) is 0 Å². The molecule has 0 amide bonds. The first kappa shape index (κ1) is 12.2. The summed E-state index contributed by atoms with van der Waals surface area (Å²) >= 11 is 2.19. The number of halogens is 1. The van der Waals surface area contributed by atoms with Crippen LogP contribution in [0.5, 0.6) is 5.75 Å². The molecule has 2 nitrogen and oxygen atoms in total. The van der Waals surface area contributed by atoms with Gasteiger partial charge in [-0.2, -0.15) is 0 Å². The van der Waals surface area contributed by atoms with Crippen molar-refractivity contribution in [3.8, 4) is 5.75 Å². The Labute approximate surface area is 110 Å². The molecule has 1 aliphatic carbocycles. The Morgan fingerprint density at radius 1 is 1.50 bits per heavy atom. The average molecular weight is 331 g/mol. The van der Waals surface area contributed by atoms with Crippen LogP contribution in [-0.4, -0.2) is 5.11 Å². The number of hydrogen-bond donors (Lipinski definition) is 2. The molecule has 0 atom stereocenters. The third-order valence-electron chi connectivity index (χ3n) is 3.63. The third-order valence-corrected chi connectivity index (χ3v) is 4.46. The van der Waals surface area contributed by atoms with Crippen molar-refractivity contribution < 1.29 is 5.11 Å². The highest BCUT2D eigenvalue weighted by atomic mass is 127. The highest BCUT2D eigenvalue weighted by Gasteiger charge is 2.30. The first-order valence-electron chi connectivity index (χ1n) is 5.71. The minimum Gasteiger partial charge on any atom is -0.506 e. The van der Waals surface area contributed by atoms with E-state index >= 15 is 0 Å². The fraction of sp³-hybridized carbons (Fsp3) is 0.538. The van der Waals surface area contributed by atoms with Crippen molar-refractivity contribution in [2.45, 2.75) is 45.1 Å². The van der Waals surface area contributed by atoms with Crippen molar-refractivity contribution in [2.24, 2.45) is 5.73 Å². The standard InChI is InChI=1S/C13H18INO/c1-13(2)5-3-4-8-9(7-15)12(16)11(14)6-10(8)13/h6,16H,3-5,7,15H2,1-2H3. The molecule has 0 bridgehead atoms. The molecule has 1 aromatic carbocycles. The lowest BCUT2D eigenvalue weighted by atomic mass is 9.71. The molecule has 0 heterocycles. The predicted octanol–water partition coefficient (Wildman–Crippen LogP) is 3.07. The number of rotatable bonds is 1. The highest BCUT2D eigenvalue weighted by Crippen LogP contribution is 2.42. The normalized spacial score (nSPS) is 18.2. The van der Waals surface area contributed by atoms with Crippen LogP contribution in [0.2, 0.25) is 0 Å². The summed E-state index contributed by atoms with van der Waals surface area (Å²) in [6, 6.07) is 2.13. The fourth-order valence-electron chi connectivity index (χ4n) is 2.68. The van der Waals surface area contributed by atoms with Crippen LogP contribution < -0.4 is 5.73 Å². The van der Waals surface area contributed by atoms with Crippen LogP contribution in [0.1, 0.15) is 43.4 Å². The van der Waals surface area contributed by atoms with E-state index < -0.39 is 0 Å². The van der Waals surface area contributed by atoms with Gasteiger partial charge in [-0.1, -0.05) is 13.8 Å². The molecule has 3 N–H and O–H groups in total. The Balaban J connectivity index is 2.70. The molecule has 0 aliphatic heterocycles. The van der Waals surface area contributed by atoms with Crippen molar-refractivity contribution >= 4 is 22.6 Å². The van der Waals surface area contributed by atoms with Crippen LogP contribution in [0.15, 0.2) is 6.07 Å². The van der Waals surface area contributed by atoms with E-state index in [1.54, 1.807) is 0 Å². The van der Waals surface area contributed by atoms with E-state index in [2.05, 4.69) is 42.5 Å². The number of benzene rings is 1. The summed E-state index contributed by atoms with van der Waals surface area (Å²) < 4.78 is 0.923. The van der Waals surface area contributed by atoms with Gasteiger partial charge in [0.05, 0.1) is 3.57 Å². The Morgan fingerprint density at radius 3 is 2.81 bits per heavy atom. The van der Waals surface area contributed by atoms with Crippen molar-refractivity contribution in [1.29, 1.82) is 0 Å². The zero-order chi connectivity index (χ0) is 11.9. The maximum absolute atomic E-state index is 10.0. The maximum atomic E-state index is 10.0. The molecule has 1 aliphatic rings. The van der Waals surface area contributed by atoms with Gasteiger partial charge in [-0.25, -0.2) is 0 Å². The van der Waals surface area contributed by atoms with Gasteiger partial charge in [0.2, 0.25) is 0 Å². The number of phenols is 1. The van der Waals surface area contributed by atoms with Gasteiger partial charge in [0.1, 0.15) is 5.75 Å². The molecule has 0 saturated carbocycles. The van der Waals surface area contributed by atoms with Gasteiger partial charge in [0.25, 0.3) is 0 Å². The molecule has 0 fully saturated rings. The van der Waals surface area contributed by atoms with E-state index in [1.165, 1.54) is 24.0 Å². The summed E-state index contributed by atoms with van der Waals surface area (Å²) in [5, 5.41) is 10.0. The Hall–Kier alpha value is -0.290. The molecule has 88 valence electrons. The third kappa shape index (κ3) is 1.84. The Morgan fingerprint density at radius 2 is 2.19 bits per heavy atom. The number of phenolic OH excluding ortho intramolecular Hbond substituents is 1. The largest absolute Gasteiger partial charge is 0.506 e. The monoisotopic (exact) mass is 331 g/mol. The van der Waals surface area contributed by atoms with Gasteiger partial charge in [-0.15, -0.1) is 0 Å². The molecule has 0 aromatic heterocycles. The smallest absolute Gasteiger partial charge is 0.133 e. The Bertz CT molecular complexity index is 426. The molecule has 3 heteroatoms. The summed E-state index contributed by atoms with van der Waals surface area (Å²) in [5.41, 5.74) is 9.60. The van der Waals surface area contributed by atoms with E-state index in [9.17, 15) is 5.11 Å². The van der Waals surface area contributed by atoms with E-state index in [1.807, 2.05) is 0 Å². The first-order valence-corrected chi connectivity index (χ1v) is 6.79. The number of fused-ring (bicyclic) bond motifs is 1. The van der Waals surface area contributed by atoms with Crippen LogP contribution in [0.4, 0.5) is 0 Å². The topological polar surface area (TPSA) is 46.2 Å². The van der Waals surface area contributed by atoms with Crippen LogP contribution in [0.3, 0.4) is 0 Å².